The zero-order chi connectivity index (χ0) is 18.7. The normalized spacial score (nSPS) is 16.4. The molecule has 0 aliphatic carbocycles. The lowest BCUT2D eigenvalue weighted by Crippen LogP contribution is -2.40. The Hall–Kier alpha value is -2.18. The number of ketones is 1. The molecule has 2 aromatic rings. The highest BCUT2D eigenvalue weighted by atomic mass is 32.2. The number of methoxy groups -OCH3 is 1. The van der Waals surface area contributed by atoms with E-state index in [-0.39, 0.29) is 16.6 Å². The molecular formula is C20H23NO4S. The maximum absolute atomic E-state index is 13.0. The van der Waals surface area contributed by atoms with Crippen LogP contribution in [-0.2, 0) is 10.0 Å². The fourth-order valence-electron chi connectivity index (χ4n) is 3.32. The van der Waals surface area contributed by atoms with E-state index in [4.69, 9.17) is 4.74 Å². The molecule has 138 valence electrons. The van der Waals surface area contributed by atoms with Crippen molar-refractivity contribution in [2.24, 2.45) is 5.92 Å². The zero-order valence-corrected chi connectivity index (χ0v) is 15.8. The third-order valence-corrected chi connectivity index (χ3v) is 6.74. The van der Waals surface area contributed by atoms with Gasteiger partial charge in [0.2, 0.25) is 10.0 Å². The third kappa shape index (κ3) is 3.66. The fraction of sp³-hybridized carbons (Fsp3) is 0.350. The molecule has 0 radical (unpaired) electrons. The molecule has 1 aliphatic heterocycles. The van der Waals surface area contributed by atoms with Crippen LogP contribution >= 0.6 is 0 Å². The number of hydrogen-bond donors (Lipinski definition) is 0. The van der Waals surface area contributed by atoms with Gasteiger partial charge in [-0.15, -0.1) is 0 Å². The van der Waals surface area contributed by atoms with Crippen molar-refractivity contribution in [1.82, 2.24) is 4.31 Å². The number of aryl methyl sites for hydroxylation is 1. The van der Waals surface area contributed by atoms with Gasteiger partial charge in [0.25, 0.3) is 0 Å². The van der Waals surface area contributed by atoms with Crippen LogP contribution in [0, 0.1) is 12.8 Å². The minimum absolute atomic E-state index is 0.0933. The molecule has 5 nitrogen and oxygen atoms in total. The summed E-state index contributed by atoms with van der Waals surface area (Å²) < 4.78 is 32.7. The van der Waals surface area contributed by atoms with Gasteiger partial charge >= 0.3 is 0 Å². The summed E-state index contributed by atoms with van der Waals surface area (Å²) in [6.45, 7) is 2.52. The smallest absolute Gasteiger partial charge is 0.246 e. The van der Waals surface area contributed by atoms with E-state index in [1.54, 1.807) is 12.1 Å². The Morgan fingerprint density at radius 3 is 2.35 bits per heavy atom. The number of nitrogens with zero attached hydrogens (tertiary/aromatic N) is 1. The first kappa shape index (κ1) is 18.6. The summed E-state index contributed by atoms with van der Waals surface area (Å²) >= 11 is 0. The second-order valence-electron chi connectivity index (χ2n) is 6.56. The number of benzene rings is 2. The molecule has 1 aliphatic rings. The molecule has 2 aromatic carbocycles. The lowest BCUT2D eigenvalue weighted by molar-refractivity contribution is 0.0875. The second kappa shape index (κ2) is 7.60. The predicted molar refractivity (Wildman–Crippen MR) is 100.0 cm³/mol. The monoisotopic (exact) mass is 373 g/mol. The van der Waals surface area contributed by atoms with E-state index >= 15 is 0 Å². The largest absolute Gasteiger partial charge is 0.495 e. The summed E-state index contributed by atoms with van der Waals surface area (Å²) in [6.07, 6.45) is 1.06. The predicted octanol–water partition coefficient (Wildman–Crippen LogP) is 3.29. The molecule has 1 heterocycles. The molecule has 1 saturated heterocycles. The summed E-state index contributed by atoms with van der Waals surface area (Å²) in [4.78, 5) is 12.8. The molecule has 0 N–H and O–H groups in total. The molecule has 0 spiro atoms. The highest BCUT2D eigenvalue weighted by molar-refractivity contribution is 7.89. The van der Waals surface area contributed by atoms with E-state index < -0.39 is 10.0 Å². The van der Waals surface area contributed by atoms with E-state index in [9.17, 15) is 13.2 Å². The maximum atomic E-state index is 13.0. The zero-order valence-electron chi connectivity index (χ0n) is 15.0. The summed E-state index contributed by atoms with van der Waals surface area (Å²) in [5, 5.41) is 0. The molecule has 3 rings (SSSR count). The van der Waals surface area contributed by atoms with Crippen LogP contribution in [0.15, 0.2) is 53.4 Å². The van der Waals surface area contributed by atoms with Gasteiger partial charge in [0.1, 0.15) is 10.6 Å². The standard InChI is InChI=1S/C20H23NO4S/c1-15-8-9-18(25-2)19(14-15)26(23,24)21-12-10-17(11-13-21)20(22)16-6-4-3-5-7-16/h3-9,14,17H,10-13H2,1-2H3. The minimum Gasteiger partial charge on any atom is -0.495 e. The third-order valence-electron chi connectivity index (χ3n) is 4.82. The van der Waals surface area contributed by atoms with Gasteiger partial charge in [-0.3, -0.25) is 4.79 Å². The number of hydrogen-bond acceptors (Lipinski definition) is 4. The average Bonchev–Trinajstić information content (AvgIpc) is 2.68. The fourth-order valence-corrected chi connectivity index (χ4v) is 5.03. The molecule has 0 saturated carbocycles. The number of piperidine rings is 1. The van der Waals surface area contributed by atoms with Gasteiger partial charge in [0.05, 0.1) is 7.11 Å². The Bertz CT molecular complexity index is 885. The molecule has 0 unspecified atom stereocenters. The number of carbonyl (C=O) groups is 1. The van der Waals surface area contributed by atoms with Crippen LogP contribution in [0.25, 0.3) is 0 Å². The highest BCUT2D eigenvalue weighted by Gasteiger charge is 2.33. The average molecular weight is 373 g/mol. The second-order valence-corrected chi connectivity index (χ2v) is 8.47. The van der Waals surface area contributed by atoms with Crippen molar-refractivity contribution in [2.75, 3.05) is 20.2 Å². The van der Waals surface area contributed by atoms with Crippen molar-refractivity contribution in [2.45, 2.75) is 24.7 Å². The van der Waals surface area contributed by atoms with Gasteiger partial charge < -0.3 is 4.74 Å². The number of rotatable bonds is 5. The first-order valence-electron chi connectivity index (χ1n) is 8.67. The summed E-state index contributed by atoms with van der Waals surface area (Å²) in [7, 11) is -2.18. The summed E-state index contributed by atoms with van der Waals surface area (Å²) in [5.74, 6) is 0.303. The Morgan fingerprint density at radius 2 is 1.73 bits per heavy atom. The SMILES string of the molecule is COc1ccc(C)cc1S(=O)(=O)N1CCC(C(=O)c2ccccc2)CC1. The number of Topliss-reactive ketones (excluding diaryl/α,β-unsaturated/α-hetero) is 1. The minimum atomic E-state index is -3.64. The molecule has 0 amide bonds. The van der Waals surface area contributed by atoms with E-state index in [1.165, 1.54) is 11.4 Å². The van der Waals surface area contributed by atoms with Gasteiger partial charge in [0.15, 0.2) is 5.78 Å². The topological polar surface area (TPSA) is 63.7 Å². The van der Waals surface area contributed by atoms with E-state index in [2.05, 4.69) is 0 Å². The maximum Gasteiger partial charge on any atom is 0.246 e. The lowest BCUT2D eigenvalue weighted by atomic mass is 9.90. The van der Waals surface area contributed by atoms with Crippen molar-refractivity contribution >= 4 is 15.8 Å². The molecule has 26 heavy (non-hydrogen) atoms. The van der Waals surface area contributed by atoms with Gasteiger partial charge in [-0.1, -0.05) is 36.4 Å². The first-order valence-corrected chi connectivity index (χ1v) is 10.1. The van der Waals surface area contributed by atoms with E-state index in [0.717, 1.165) is 5.56 Å². The molecule has 0 aromatic heterocycles. The molecular weight excluding hydrogens is 350 g/mol. The van der Waals surface area contributed by atoms with E-state index in [1.807, 2.05) is 43.3 Å². The van der Waals surface area contributed by atoms with Crippen molar-refractivity contribution in [3.8, 4) is 5.75 Å². The Kier molecular flexibility index (Phi) is 5.44. The van der Waals surface area contributed by atoms with Crippen LogP contribution in [0.2, 0.25) is 0 Å². The van der Waals surface area contributed by atoms with Crippen LogP contribution in [0.3, 0.4) is 0 Å². The highest BCUT2D eigenvalue weighted by Crippen LogP contribution is 2.31. The van der Waals surface area contributed by atoms with Crippen molar-refractivity contribution in [3.63, 3.8) is 0 Å². The molecule has 0 bridgehead atoms. The van der Waals surface area contributed by atoms with Crippen molar-refractivity contribution < 1.29 is 17.9 Å². The van der Waals surface area contributed by atoms with Gasteiger partial charge in [0, 0.05) is 24.6 Å². The van der Waals surface area contributed by atoms with Gasteiger partial charge in [-0.2, -0.15) is 4.31 Å². The molecule has 6 heteroatoms. The Morgan fingerprint density at radius 1 is 1.08 bits per heavy atom. The van der Waals surface area contributed by atoms with E-state index in [0.29, 0.717) is 37.2 Å². The van der Waals surface area contributed by atoms with Crippen LogP contribution in [0.5, 0.6) is 5.75 Å². The number of sulfonamides is 1. The summed E-state index contributed by atoms with van der Waals surface area (Å²) in [5.41, 5.74) is 1.55. The van der Waals surface area contributed by atoms with Crippen LogP contribution in [-0.4, -0.2) is 38.7 Å². The molecule has 0 atom stereocenters. The lowest BCUT2D eigenvalue weighted by Gasteiger charge is -2.31. The Balaban J connectivity index is 1.75. The van der Waals surface area contributed by atoms with Crippen molar-refractivity contribution in [1.29, 1.82) is 0 Å². The Labute approximate surface area is 154 Å². The number of carbonyl (C=O) groups excluding carboxylic acids is 1. The number of ether oxygens (including phenoxy) is 1. The van der Waals surface area contributed by atoms with Gasteiger partial charge in [-0.05, 0) is 37.5 Å². The van der Waals surface area contributed by atoms with Crippen molar-refractivity contribution in [3.05, 3.63) is 59.7 Å². The van der Waals surface area contributed by atoms with Crippen LogP contribution in [0.1, 0.15) is 28.8 Å². The summed E-state index contributed by atoms with van der Waals surface area (Å²) in [6, 6.07) is 14.3. The van der Waals surface area contributed by atoms with Crippen LogP contribution < -0.4 is 4.74 Å². The quantitative estimate of drug-likeness (QED) is 0.755. The first-order chi connectivity index (χ1) is 12.4. The molecule has 1 fully saturated rings. The van der Waals surface area contributed by atoms with Crippen LogP contribution in [0.4, 0.5) is 0 Å². The van der Waals surface area contributed by atoms with Gasteiger partial charge in [-0.25, -0.2) is 8.42 Å².